The number of carbonyl (C=O) groups excluding carboxylic acids is 4. The minimum atomic E-state index is -0.757. The predicted molar refractivity (Wildman–Crippen MR) is 96.2 cm³/mol. The van der Waals surface area contributed by atoms with E-state index in [1.54, 1.807) is 6.92 Å². The Bertz CT molecular complexity index is 616. The van der Waals surface area contributed by atoms with Crippen LogP contribution < -0.4 is 11.1 Å². The summed E-state index contributed by atoms with van der Waals surface area (Å²) in [6.07, 6.45) is 0.292. The van der Waals surface area contributed by atoms with Gasteiger partial charge in [-0.3, -0.25) is 19.2 Å². The maximum Gasteiger partial charge on any atom is 0.306 e. The molecule has 3 N–H and O–H groups in total. The topological polar surface area (TPSA) is 116 Å². The smallest absolute Gasteiger partial charge is 0.306 e. The van der Waals surface area contributed by atoms with E-state index in [1.165, 1.54) is 0 Å². The summed E-state index contributed by atoms with van der Waals surface area (Å²) in [7, 11) is 0. The second kappa shape index (κ2) is 11.9. The van der Waals surface area contributed by atoms with Crippen LogP contribution in [-0.2, 0) is 30.3 Å². The number of benzene rings is 1. The lowest BCUT2D eigenvalue weighted by Crippen LogP contribution is -2.42. The molecule has 26 heavy (non-hydrogen) atoms. The van der Waals surface area contributed by atoms with Crippen molar-refractivity contribution < 1.29 is 23.9 Å². The van der Waals surface area contributed by atoms with E-state index >= 15 is 0 Å². The van der Waals surface area contributed by atoms with Crippen LogP contribution in [0.2, 0.25) is 0 Å². The lowest BCUT2D eigenvalue weighted by atomic mass is 9.99. The molecule has 0 fully saturated rings. The van der Waals surface area contributed by atoms with Gasteiger partial charge in [0.15, 0.2) is 5.78 Å². The van der Waals surface area contributed by atoms with Crippen molar-refractivity contribution in [3.05, 3.63) is 35.9 Å². The first-order valence-electron chi connectivity index (χ1n) is 8.69. The molecule has 0 aliphatic heterocycles. The fourth-order valence-corrected chi connectivity index (χ4v) is 2.35. The first kappa shape index (κ1) is 21.5. The van der Waals surface area contributed by atoms with E-state index in [2.05, 4.69) is 5.32 Å². The molecule has 0 saturated heterocycles. The second-order valence-corrected chi connectivity index (χ2v) is 5.82. The molecular formula is C19H26N2O5. The highest BCUT2D eigenvalue weighted by Crippen LogP contribution is 2.08. The normalized spacial score (nSPS) is 11.5. The van der Waals surface area contributed by atoms with Gasteiger partial charge in [0.1, 0.15) is 5.78 Å². The molecule has 0 aliphatic rings. The molecule has 0 spiro atoms. The van der Waals surface area contributed by atoms with Gasteiger partial charge in [0.2, 0.25) is 5.91 Å². The first-order chi connectivity index (χ1) is 12.5. The van der Waals surface area contributed by atoms with Crippen LogP contribution in [-0.4, -0.2) is 42.6 Å². The minimum Gasteiger partial charge on any atom is -0.466 e. The Morgan fingerprint density at radius 3 is 2.35 bits per heavy atom. The van der Waals surface area contributed by atoms with Crippen molar-refractivity contribution in [2.75, 3.05) is 13.2 Å². The molecule has 0 heterocycles. The molecule has 0 aliphatic carbocycles. The number of carbonyl (C=O) groups is 4. The Morgan fingerprint density at radius 1 is 1.04 bits per heavy atom. The van der Waals surface area contributed by atoms with E-state index in [1.807, 2.05) is 30.3 Å². The lowest BCUT2D eigenvalue weighted by molar-refractivity contribution is -0.144. The summed E-state index contributed by atoms with van der Waals surface area (Å²) in [5.74, 6) is -1.30. The number of Topliss-reactive ketones (excluding diaryl/α,β-unsaturated/α-hetero) is 2. The summed E-state index contributed by atoms with van der Waals surface area (Å²) in [6.45, 7) is 1.84. The number of ketones is 2. The van der Waals surface area contributed by atoms with Gasteiger partial charge in [-0.15, -0.1) is 0 Å². The van der Waals surface area contributed by atoms with Gasteiger partial charge in [-0.1, -0.05) is 30.3 Å². The van der Waals surface area contributed by atoms with Gasteiger partial charge in [0.25, 0.3) is 0 Å². The summed E-state index contributed by atoms with van der Waals surface area (Å²) in [5.41, 5.74) is 6.11. The number of nitrogens with two attached hydrogens (primary N) is 1. The van der Waals surface area contributed by atoms with E-state index in [0.29, 0.717) is 6.42 Å². The van der Waals surface area contributed by atoms with E-state index in [0.717, 1.165) is 5.56 Å². The van der Waals surface area contributed by atoms with E-state index < -0.39 is 17.9 Å². The highest BCUT2D eigenvalue weighted by atomic mass is 16.5. The Morgan fingerprint density at radius 2 is 1.73 bits per heavy atom. The van der Waals surface area contributed by atoms with Gasteiger partial charge in [-0.25, -0.2) is 0 Å². The van der Waals surface area contributed by atoms with Crippen LogP contribution in [0.5, 0.6) is 0 Å². The van der Waals surface area contributed by atoms with Crippen LogP contribution in [0, 0.1) is 0 Å². The molecule has 1 aromatic carbocycles. The van der Waals surface area contributed by atoms with Crippen LogP contribution in [0.1, 0.15) is 38.2 Å². The number of hydrogen-bond donors (Lipinski definition) is 2. The van der Waals surface area contributed by atoms with Gasteiger partial charge in [-0.05, 0) is 18.9 Å². The maximum atomic E-state index is 12.5. The van der Waals surface area contributed by atoms with E-state index in [9.17, 15) is 19.2 Å². The van der Waals surface area contributed by atoms with Gasteiger partial charge < -0.3 is 15.8 Å². The van der Waals surface area contributed by atoms with Gasteiger partial charge in [-0.2, -0.15) is 0 Å². The van der Waals surface area contributed by atoms with Crippen LogP contribution >= 0.6 is 0 Å². The molecule has 0 saturated carbocycles. The van der Waals surface area contributed by atoms with Crippen LogP contribution in [0.15, 0.2) is 30.3 Å². The number of ether oxygens (including phenoxy) is 1. The van der Waals surface area contributed by atoms with E-state index in [4.69, 9.17) is 10.5 Å². The highest BCUT2D eigenvalue weighted by molar-refractivity contribution is 5.92. The fourth-order valence-electron chi connectivity index (χ4n) is 2.35. The summed E-state index contributed by atoms with van der Waals surface area (Å²) in [5, 5.41) is 2.67. The monoisotopic (exact) mass is 362 g/mol. The Hall–Kier alpha value is -2.54. The van der Waals surface area contributed by atoms with Crippen LogP contribution in [0.25, 0.3) is 0 Å². The molecule has 0 bridgehead atoms. The molecular weight excluding hydrogens is 336 g/mol. The highest BCUT2D eigenvalue weighted by Gasteiger charge is 2.22. The number of esters is 1. The zero-order valence-corrected chi connectivity index (χ0v) is 15.0. The zero-order chi connectivity index (χ0) is 19.4. The predicted octanol–water partition coefficient (Wildman–Crippen LogP) is 0.934. The molecule has 1 rings (SSSR count). The third-order valence-corrected chi connectivity index (χ3v) is 3.75. The molecule has 142 valence electrons. The van der Waals surface area contributed by atoms with Crippen molar-refractivity contribution in [2.24, 2.45) is 5.73 Å². The molecule has 0 aromatic heterocycles. The Labute approximate surface area is 153 Å². The molecule has 1 amide bonds. The van der Waals surface area contributed by atoms with Crippen molar-refractivity contribution >= 4 is 23.4 Å². The minimum absolute atomic E-state index is 0.0155. The zero-order valence-electron chi connectivity index (χ0n) is 15.0. The third kappa shape index (κ3) is 8.53. The molecule has 7 nitrogen and oxygen atoms in total. The van der Waals surface area contributed by atoms with Crippen molar-refractivity contribution in [3.63, 3.8) is 0 Å². The number of nitrogens with one attached hydrogen (secondary N) is 1. The Balaban J connectivity index is 2.68. The number of amides is 1. The second-order valence-electron chi connectivity index (χ2n) is 5.82. The molecule has 1 aromatic rings. The summed E-state index contributed by atoms with van der Waals surface area (Å²) >= 11 is 0. The average molecular weight is 362 g/mol. The molecule has 7 heteroatoms. The first-order valence-corrected chi connectivity index (χ1v) is 8.69. The van der Waals surface area contributed by atoms with Gasteiger partial charge >= 0.3 is 5.97 Å². The van der Waals surface area contributed by atoms with Gasteiger partial charge in [0, 0.05) is 19.3 Å². The summed E-state index contributed by atoms with van der Waals surface area (Å²) in [6, 6.07) is 8.50. The van der Waals surface area contributed by atoms with Gasteiger partial charge in [0.05, 0.1) is 25.6 Å². The summed E-state index contributed by atoms with van der Waals surface area (Å²) < 4.78 is 4.82. The summed E-state index contributed by atoms with van der Waals surface area (Å²) in [4.78, 5) is 47.2. The fraction of sp³-hybridized carbons (Fsp3) is 0.474. The molecule has 1 atom stereocenters. The van der Waals surface area contributed by atoms with Crippen molar-refractivity contribution in [3.8, 4) is 0 Å². The quantitative estimate of drug-likeness (QED) is 0.535. The Kier molecular flexibility index (Phi) is 9.86. The van der Waals surface area contributed by atoms with Crippen LogP contribution in [0.3, 0.4) is 0 Å². The SMILES string of the molecule is CCOC(=O)CCC(=O)[C@H](Cc1ccccc1)NC(=O)CCC(=O)CN. The van der Waals surface area contributed by atoms with Crippen molar-refractivity contribution in [1.82, 2.24) is 5.32 Å². The standard InChI is InChI=1S/C19H26N2O5/c1-2-26-19(25)11-9-17(23)16(12-14-6-4-3-5-7-14)21-18(24)10-8-15(22)13-20/h3-7,16H,2,8-13,20H2,1H3,(H,21,24)/t16-/m0/s1. The average Bonchev–Trinajstić information content (AvgIpc) is 2.64. The maximum absolute atomic E-state index is 12.5. The van der Waals surface area contributed by atoms with Crippen molar-refractivity contribution in [2.45, 2.75) is 45.1 Å². The lowest BCUT2D eigenvalue weighted by Gasteiger charge is -2.18. The largest absolute Gasteiger partial charge is 0.466 e. The van der Waals surface area contributed by atoms with E-state index in [-0.39, 0.29) is 50.4 Å². The number of rotatable bonds is 12. The van der Waals surface area contributed by atoms with Crippen molar-refractivity contribution in [1.29, 1.82) is 0 Å². The van der Waals surface area contributed by atoms with Crippen LogP contribution in [0.4, 0.5) is 0 Å². The molecule has 0 radical (unpaired) electrons. The number of hydrogen-bond acceptors (Lipinski definition) is 6. The molecule has 0 unspecified atom stereocenters. The third-order valence-electron chi connectivity index (χ3n) is 3.75.